The second-order valence-corrected chi connectivity index (χ2v) is 8.06. The molecule has 0 aliphatic heterocycles. The number of methoxy groups -OCH3 is 1. The quantitative estimate of drug-likeness (QED) is 0.522. The van der Waals surface area contributed by atoms with Crippen LogP contribution in [0.3, 0.4) is 0 Å². The number of nitrogens with zero attached hydrogens (tertiary/aromatic N) is 1. The maximum atomic E-state index is 10.8. The second kappa shape index (κ2) is 9.47. The standard InChI is InChI=1S/C23H25ClN2O5/c1-28-19-7-6-14(10-20(19)30-17-4-2-3-5-17)11-21-26-18-13-16(24)12-15(22(18)31-21)8-9-29-23(25)27/h6-7,10,12-13,17H,2-5,8-9,11H2,1H3,(H2,25,27). The maximum absolute atomic E-state index is 10.8. The van der Waals surface area contributed by atoms with Crippen LogP contribution in [0.4, 0.5) is 4.79 Å². The molecule has 0 saturated heterocycles. The number of amides is 1. The number of benzene rings is 2. The molecule has 1 amide bonds. The van der Waals surface area contributed by atoms with Gasteiger partial charge in [0.15, 0.2) is 23.0 Å². The van der Waals surface area contributed by atoms with Gasteiger partial charge in [0.25, 0.3) is 0 Å². The van der Waals surface area contributed by atoms with E-state index in [1.807, 2.05) is 18.2 Å². The van der Waals surface area contributed by atoms with Crippen molar-refractivity contribution in [3.8, 4) is 11.5 Å². The fourth-order valence-corrected chi connectivity index (χ4v) is 4.15. The van der Waals surface area contributed by atoms with Crippen molar-refractivity contribution in [2.45, 2.75) is 44.6 Å². The molecule has 0 unspecified atom stereocenters. The van der Waals surface area contributed by atoms with Gasteiger partial charge in [-0.1, -0.05) is 17.7 Å². The first-order valence-electron chi connectivity index (χ1n) is 10.4. The number of carbonyl (C=O) groups is 1. The first-order chi connectivity index (χ1) is 15.0. The highest BCUT2D eigenvalue weighted by Gasteiger charge is 2.19. The monoisotopic (exact) mass is 444 g/mol. The lowest BCUT2D eigenvalue weighted by molar-refractivity contribution is 0.158. The van der Waals surface area contributed by atoms with Crippen LogP contribution in [0, 0.1) is 0 Å². The van der Waals surface area contributed by atoms with Gasteiger partial charge >= 0.3 is 6.09 Å². The van der Waals surface area contributed by atoms with Gasteiger partial charge in [-0.15, -0.1) is 0 Å². The van der Waals surface area contributed by atoms with Crippen molar-refractivity contribution in [3.05, 3.63) is 52.4 Å². The first-order valence-corrected chi connectivity index (χ1v) is 10.7. The number of rotatable bonds is 8. The molecule has 164 valence electrons. The Labute approximate surface area is 185 Å². The number of oxazole rings is 1. The summed E-state index contributed by atoms with van der Waals surface area (Å²) in [5.41, 5.74) is 8.13. The van der Waals surface area contributed by atoms with Gasteiger partial charge in [0.05, 0.1) is 19.8 Å². The second-order valence-electron chi connectivity index (χ2n) is 7.62. The zero-order chi connectivity index (χ0) is 21.8. The Morgan fingerprint density at radius 2 is 2.03 bits per heavy atom. The molecule has 0 radical (unpaired) electrons. The van der Waals surface area contributed by atoms with Crippen LogP contribution in [0.25, 0.3) is 11.1 Å². The maximum Gasteiger partial charge on any atom is 0.404 e. The van der Waals surface area contributed by atoms with Crippen LogP contribution in [-0.2, 0) is 17.6 Å². The van der Waals surface area contributed by atoms with Gasteiger partial charge in [-0.3, -0.25) is 0 Å². The lowest BCUT2D eigenvalue weighted by Crippen LogP contribution is -2.14. The SMILES string of the molecule is COc1ccc(Cc2nc3cc(Cl)cc(CCOC(N)=O)c3o2)cc1OC1CCCC1. The lowest BCUT2D eigenvalue weighted by atomic mass is 10.1. The van der Waals surface area contributed by atoms with Crippen LogP contribution >= 0.6 is 11.6 Å². The molecule has 0 spiro atoms. The summed E-state index contributed by atoms with van der Waals surface area (Å²) in [6.45, 7) is 0.140. The Bertz CT molecular complexity index is 1080. The molecule has 2 N–H and O–H groups in total. The Morgan fingerprint density at radius 3 is 2.77 bits per heavy atom. The van der Waals surface area contributed by atoms with Gasteiger partial charge in [-0.2, -0.15) is 0 Å². The van der Waals surface area contributed by atoms with E-state index in [9.17, 15) is 4.79 Å². The fraction of sp³-hybridized carbons (Fsp3) is 0.391. The van der Waals surface area contributed by atoms with Gasteiger partial charge < -0.3 is 24.4 Å². The average Bonchev–Trinajstić information content (AvgIpc) is 3.37. The van der Waals surface area contributed by atoms with Gasteiger partial charge in [-0.25, -0.2) is 9.78 Å². The van der Waals surface area contributed by atoms with Crippen LogP contribution in [0.2, 0.25) is 5.02 Å². The molecule has 4 rings (SSSR count). The number of primary amides is 1. The average molecular weight is 445 g/mol. The van der Waals surface area contributed by atoms with Gasteiger partial charge in [0.2, 0.25) is 0 Å². The third-order valence-corrected chi connectivity index (χ3v) is 5.59. The van der Waals surface area contributed by atoms with E-state index in [1.54, 1.807) is 19.2 Å². The third-order valence-electron chi connectivity index (χ3n) is 5.37. The normalized spacial score (nSPS) is 14.1. The van der Waals surface area contributed by atoms with E-state index in [2.05, 4.69) is 4.98 Å². The molecule has 0 bridgehead atoms. The molecule has 1 aliphatic carbocycles. The van der Waals surface area contributed by atoms with E-state index in [0.29, 0.717) is 34.9 Å². The molecule has 0 atom stereocenters. The summed E-state index contributed by atoms with van der Waals surface area (Å²) in [5, 5.41) is 0.540. The largest absolute Gasteiger partial charge is 0.493 e. The smallest absolute Gasteiger partial charge is 0.404 e. The molecule has 1 heterocycles. The number of aromatic nitrogens is 1. The van der Waals surface area contributed by atoms with Crippen molar-refractivity contribution in [3.63, 3.8) is 0 Å². The van der Waals surface area contributed by atoms with E-state index in [0.717, 1.165) is 35.5 Å². The molecule has 2 aromatic carbocycles. The van der Waals surface area contributed by atoms with Crippen LogP contribution in [0.5, 0.6) is 11.5 Å². The molecule has 8 heteroatoms. The summed E-state index contributed by atoms with van der Waals surface area (Å²) in [6, 6.07) is 9.41. The Hall–Kier alpha value is -2.93. The van der Waals surface area contributed by atoms with Gasteiger partial charge in [-0.05, 0) is 55.5 Å². The Morgan fingerprint density at radius 1 is 1.23 bits per heavy atom. The minimum atomic E-state index is -0.813. The van der Waals surface area contributed by atoms with Crippen molar-refractivity contribution in [2.75, 3.05) is 13.7 Å². The molecule has 1 fully saturated rings. The van der Waals surface area contributed by atoms with Crippen LogP contribution in [0.15, 0.2) is 34.7 Å². The fourth-order valence-electron chi connectivity index (χ4n) is 3.92. The van der Waals surface area contributed by atoms with E-state index in [4.69, 9.17) is 36.0 Å². The van der Waals surface area contributed by atoms with Gasteiger partial charge in [0, 0.05) is 23.4 Å². The predicted octanol–water partition coefficient (Wildman–Crippen LogP) is 5.04. The Kier molecular flexibility index (Phi) is 6.51. The van der Waals surface area contributed by atoms with Gasteiger partial charge in [0.1, 0.15) is 5.52 Å². The van der Waals surface area contributed by atoms with Crippen molar-refractivity contribution >= 4 is 28.8 Å². The minimum Gasteiger partial charge on any atom is -0.493 e. The number of nitrogens with two attached hydrogens (primary N) is 1. The highest BCUT2D eigenvalue weighted by Crippen LogP contribution is 2.33. The molecule has 1 aromatic heterocycles. The summed E-state index contributed by atoms with van der Waals surface area (Å²) >= 11 is 6.23. The summed E-state index contributed by atoms with van der Waals surface area (Å²) in [4.78, 5) is 15.4. The topological polar surface area (TPSA) is 96.8 Å². The number of carbonyl (C=O) groups excluding carboxylic acids is 1. The highest BCUT2D eigenvalue weighted by molar-refractivity contribution is 6.31. The van der Waals surface area contributed by atoms with Crippen LogP contribution < -0.4 is 15.2 Å². The van der Waals surface area contributed by atoms with Crippen molar-refractivity contribution in [1.82, 2.24) is 4.98 Å². The molecular formula is C23H25ClN2O5. The Balaban J connectivity index is 1.55. The summed E-state index contributed by atoms with van der Waals surface area (Å²) in [5.74, 6) is 2.03. The number of fused-ring (bicyclic) bond motifs is 1. The predicted molar refractivity (Wildman–Crippen MR) is 117 cm³/mol. The van der Waals surface area contributed by atoms with Crippen LogP contribution in [0.1, 0.15) is 42.7 Å². The molecular weight excluding hydrogens is 420 g/mol. The van der Waals surface area contributed by atoms with E-state index in [1.165, 1.54) is 12.8 Å². The molecule has 31 heavy (non-hydrogen) atoms. The minimum absolute atomic E-state index is 0.140. The molecule has 7 nitrogen and oxygen atoms in total. The highest BCUT2D eigenvalue weighted by atomic mass is 35.5. The molecule has 1 aliphatic rings. The summed E-state index contributed by atoms with van der Waals surface area (Å²) < 4.78 is 22.5. The summed E-state index contributed by atoms with van der Waals surface area (Å²) in [7, 11) is 1.64. The molecule has 3 aromatic rings. The summed E-state index contributed by atoms with van der Waals surface area (Å²) in [6.07, 6.45) is 4.89. The number of ether oxygens (including phenoxy) is 3. The zero-order valence-electron chi connectivity index (χ0n) is 17.4. The molecule has 1 saturated carbocycles. The third kappa shape index (κ3) is 5.22. The number of hydrogen-bond acceptors (Lipinski definition) is 6. The zero-order valence-corrected chi connectivity index (χ0v) is 18.1. The van der Waals surface area contributed by atoms with Crippen molar-refractivity contribution in [2.24, 2.45) is 5.73 Å². The van der Waals surface area contributed by atoms with Crippen LogP contribution in [-0.4, -0.2) is 30.9 Å². The lowest BCUT2D eigenvalue weighted by Gasteiger charge is -2.16. The van der Waals surface area contributed by atoms with E-state index >= 15 is 0 Å². The van der Waals surface area contributed by atoms with Crippen molar-refractivity contribution < 1.29 is 23.4 Å². The first kappa shape index (κ1) is 21.3. The number of halogens is 1. The van der Waals surface area contributed by atoms with E-state index < -0.39 is 6.09 Å². The van der Waals surface area contributed by atoms with E-state index in [-0.39, 0.29) is 12.7 Å². The van der Waals surface area contributed by atoms with Crippen molar-refractivity contribution in [1.29, 1.82) is 0 Å². The number of hydrogen-bond donors (Lipinski definition) is 1.